The molecule has 21 heavy (non-hydrogen) atoms. The molecule has 2 rings (SSSR count). The summed E-state index contributed by atoms with van der Waals surface area (Å²) in [5, 5.41) is 6.63. The summed E-state index contributed by atoms with van der Waals surface area (Å²) in [6, 6.07) is 9.08. The molecule has 0 radical (unpaired) electrons. The van der Waals surface area contributed by atoms with Crippen molar-refractivity contribution in [2.24, 2.45) is 0 Å². The van der Waals surface area contributed by atoms with Gasteiger partial charge in [0.25, 0.3) is 5.91 Å². The van der Waals surface area contributed by atoms with E-state index in [2.05, 4.69) is 15.6 Å². The molecule has 110 valence electrons. The molecule has 5 heteroatoms. The SMILES string of the molecule is Cc1ccc(Cl)cc1NC(=O)c1cccnc1NC(C)C. The summed E-state index contributed by atoms with van der Waals surface area (Å²) in [6.07, 6.45) is 1.66. The fraction of sp³-hybridized carbons (Fsp3) is 0.250. The lowest BCUT2D eigenvalue weighted by atomic mass is 10.1. The molecule has 1 amide bonds. The highest BCUT2D eigenvalue weighted by molar-refractivity contribution is 6.31. The van der Waals surface area contributed by atoms with E-state index < -0.39 is 0 Å². The predicted octanol–water partition coefficient (Wildman–Crippen LogP) is 4.12. The van der Waals surface area contributed by atoms with E-state index in [1.165, 1.54) is 0 Å². The maximum atomic E-state index is 12.4. The number of anilines is 2. The second-order valence-corrected chi connectivity index (χ2v) is 5.55. The largest absolute Gasteiger partial charge is 0.367 e. The van der Waals surface area contributed by atoms with Crippen LogP contribution >= 0.6 is 11.6 Å². The first-order valence-corrected chi connectivity index (χ1v) is 7.14. The number of nitrogens with one attached hydrogen (secondary N) is 2. The van der Waals surface area contributed by atoms with Crippen LogP contribution in [0.2, 0.25) is 5.02 Å². The number of rotatable bonds is 4. The highest BCUT2D eigenvalue weighted by Crippen LogP contribution is 2.22. The Labute approximate surface area is 129 Å². The lowest BCUT2D eigenvalue weighted by molar-refractivity contribution is 0.102. The van der Waals surface area contributed by atoms with E-state index in [0.29, 0.717) is 22.1 Å². The van der Waals surface area contributed by atoms with Crippen LogP contribution in [0, 0.1) is 6.92 Å². The van der Waals surface area contributed by atoms with Gasteiger partial charge in [-0.05, 0) is 50.6 Å². The van der Waals surface area contributed by atoms with Crippen LogP contribution in [-0.2, 0) is 0 Å². The average molecular weight is 304 g/mol. The van der Waals surface area contributed by atoms with Crippen molar-refractivity contribution in [3.63, 3.8) is 0 Å². The third-order valence-corrected chi connectivity index (χ3v) is 3.16. The van der Waals surface area contributed by atoms with E-state index in [9.17, 15) is 4.79 Å². The molecular weight excluding hydrogens is 286 g/mol. The van der Waals surface area contributed by atoms with Gasteiger partial charge in [-0.1, -0.05) is 17.7 Å². The molecule has 0 bridgehead atoms. The van der Waals surface area contributed by atoms with Gasteiger partial charge >= 0.3 is 0 Å². The van der Waals surface area contributed by atoms with Crippen molar-refractivity contribution < 1.29 is 4.79 Å². The van der Waals surface area contributed by atoms with Crippen molar-refractivity contribution >= 4 is 29.0 Å². The maximum Gasteiger partial charge on any atom is 0.259 e. The Hall–Kier alpha value is -2.07. The molecule has 0 fully saturated rings. The number of nitrogens with zero attached hydrogens (tertiary/aromatic N) is 1. The zero-order chi connectivity index (χ0) is 15.4. The Kier molecular flexibility index (Phi) is 4.81. The van der Waals surface area contributed by atoms with Crippen molar-refractivity contribution in [2.75, 3.05) is 10.6 Å². The van der Waals surface area contributed by atoms with Crippen molar-refractivity contribution in [1.82, 2.24) is 4.98 Å². The summed E-state index contributed by atoms with van der Waals surface area (Å²) in [5.41, 5.74) is 2.16. The highest BCUT2D eigenvalue weighted by Gasteiger charge is 2.14. The molecule has 1 heterocycles. The van der Waals surface area contributed by atoms with Crippen LogP contribution in [0.25, 0.3) is 0 Å². The number of aryl methyl sites for hydroxylation is 1. The Morgan fingerprint density at radius 2 is 2.05 bits per heavy atom. The van der Waals surface area contributed by atoms with Gasteiger partial charge in [-0.25, -0.2) is 4.98 Å². The van der Waals surface area contributed by atoms with Crippen molar-refractivity contribution in [3.05, 3.63) is 52.7 Å². The predicted molar refractivity (Wildman–Crippen MR) is 87.1 cm³/mol. The molecular formula is C16H18ClN3O. The van der Waals surface area contributed by atoms with Gasteiger partial charge in [0, 0.05) is 22.9 Å². The maximum absolute atomic E-state index is 12.4. The number of aromatic nitrogens is 1. The van der Waals surface area contributed by atoms with Gasteiger partial charge in [0.1, 0.15) is 5.82 Å². The van der Waals surface area contributed by atoms with Crippen LogP contribution in [0.4, 0.5) is 11.5 Å². The quantitative estimate of drug-likeness (QED) is 0.893. The molecule has 1 aromatic heterocycles. The normalized spacial score (nSPS) is 10.5. The van der Waals surface area contributed by atoms with Crippen LogP contribution in [0.3, 0.4) is 0 Å². The smallest absolute Gasteiger partial charge is 0.259 e. The van der Waals surface area contributed by atoms with Crippen LogP contribution in [0.5, 0.6) is 0 Å². The number of hydrogen-bond acceptors (Lipinski definition) is 3. The molecule has 0 atom stereocenters. The first-order chi connectivity index (χ1) is 9.97. The molecule has 1 aromatic carbocycles. The first-order valence-electron chi connectivity index (χ1n) is 6.76. The Morgan fingerprint density at radius 3 is 2.76 bits per heavy atom. The minimum atomic E-state index is -0.211. The van der Waals surface area contributed by atoms with Crippen molar-refractivity contribution in [1.29, 1.82) is 0 Å². The Morgan fingerprint density at radius 1 is 1.29 bits per heavy atom. The minimum absolute atomic E-state index is 0.194. The summed E-state index contributed by atoms with van der Waals surface area (Å²) in [7, 11) is 0. The number of hydrogen-bond donors (Lipinski definition) is 2. The van der Waals surface area contributed by atoms with Gasteiger partial charge in [-0.3, -0.25) is 4.79 Å². The number of pyridine rings is 1. The Balaban J connectivity index is 2.26. The fourth-order valence-electron chi connectivity index (χ4n) is 1.90. The van der Waals surface area contributed by atoms with E-state index >= 15 is 0 Å². The lowest BCUT2D eigenvalue weighted by Gasteiger charge is -2.14. The number of benzene rings is 1. The zero-order valence-electron chi connectivity index (χ0n) is 12.3. The molecule has 0 saturated carbocycles. The van der Waals surface area contributed by atoms with E-state index in [0.717, 1.165) is 5.56 Å². The van der Waals surface area contributed by atoms with Crippen LogP contribution in [0.15, 0.2) is 36.5 Å². The molecule has 0 aliphatic heterocycles. The van der Waals surface area contributed by atoms with Gasteiger partial charge in [0.05, 0.1) is 5.56 Å². The fourth-order valence-corrected chi connectivity index (χ4v) is 2.07. The minimum Gasteiger partial charge on any atom is -0.367 e. The zero-order valence-corrected chi connectivity index (χ0v) is 13.0. The first kappa shape index (κ1) is 15.3. The second-order valence-electron chi connectivity index (χ2n) is 5.11. The van der Waals surface area contributed by atoms with E-state index in [4.69, 9.17) is 11.6 Å². The number of halogens is 1. The molecule has 0 unspecified atom stereocenters. The standard InChI is InChI=1S/C16H18ClN3O/c1-10(2)19-15-13(5-4-8-18-15)16(21)20-14-9-12(17)7-6-11(14)3/h4-10H,1-3H3,(H,18,19)(H,20,21). The lowest BCUT2D eigenvalue weighted by Crippen LogP contribution is -2.19. The molecule has 2 N–H and O–H groups in total. The number of carbonyl (C=O) groups is 1. The topological polar surface area (TPSA) is 54.0 Å². The monoisotopic (exact) mass is 303 g/mol. The molecule has 4 nitrogen and oxygen atoms in total. The third-order valence-electron chi connectivity index (χ3n) is 2.93. The third kappa shape index (κ3) is 3.95. The molecule has 2 aromatic rings. The average Bonchev–Trinajstić information content (AvgIpc) is 2.42. The summed E-state index contributed by atoms with van der Waals surface area (Å²) in [4.78, 5) is 16.7. The van der Waals surface area contributed by atoms with Crippen molar-refractivity contribution in [2.45, 2.75) is 26.8 Å². The molecule has 0 aliphatic rings. The summed E-state index contributed by atoms with van der Waals surface area (Å²) in [6.45, 7) is 5.91. The van der Waals surface area contributed by atoms with Gasteiger partial charge in [0.15, 0.2) is 0 Å². The number of amides is 1. The van der Waals surface area contributed by atoms with Gasteiger partial charge in [-0.2, -0.15) is 0 Å². The Bertz CT molecular complexity index is 656. The van der Waals surface area contributed by atoms with E-state index in [1.807, 2.05) is 26.8 Å². The van der Waals surface area contributed by atoms with E-state index in [-0.39, 0.29) is 11.9 Å². The second kappa shape index (κ2) is 6.59. The van der Waals surface area contributed by atoms with E-state index in [1.54, 1.807) is 30.5 Å². The summed E-state index contributed by atoms with van der Waals surface area (Å²) >= 11 is 5.97. The highest BCUT2D eigenvalue weighted by atomic mass is 35.5. The van der Waals surface area contributed by atoms with Crippen molar-refractivity contribution in [3.8, 4) is 0 Å². The van der Waals surface area contributed by atoms with Crippen LogP contribution < -0.4 is 10.6 Å². The molecule has 0 saturated heterocycles. The van der Waals surface area contributed by atoms with Gasteiger partial charge in [0.2, 0.25) is 0 Å². The molecule has 0 spiro atoms. The van der Waals surface area contributed by atoms with Crippen LogP contribution in [0.1, 0.15) is 29.8 Å². The van der Waals surface area contributed by atoms with Gasteiger partial charge in [-0.15, -0.1) is 0 Å². The molecule has 0 aliphatic carbocycles. The summed E-state index contributed by atoms with van der Waals surface area (Å²) in [5.74, 6) is 0.362. The van der Waals surface area contributed by atoms with Gasteiger partial charge < -0.3 is 10.6 Å². The number of carbonyl (C=O) groups excluding carboxylic acids is 1. The van der Waals surface area contributed by atoms with Crippen LogP contribution in [-0.4, -0.2) is 16.9 Å². The summed E-state index contributed by atoms with van der Waals surface area (Å²) < 4.78 is 0.